The van der Waals surface area contributed by atoms with Gasteiger partial charge in [0.15, 0.2) is 5.96 Å². The predicted octanol–water partition coefficient (Wildman–Crippen LogP) is 2.83. The molecule has 1 aromatic carbocycles. The highest BCUT2D eigenvalue weighted by Crippen LogP contribution is 2.07. The van der Waals surface area contributed by atoms with E-state index in [0.717, 1.165) is 38.6 Å². The Hall–Kier alpha value is -1.54. The van der Waals surface area contributed by atoms with E-state index in [0.29, 0.717) is 6.04 Å². The molecule has 0 aliphatic heterocycles. The highest BCUT2D eigenvalue weighted by atomic mass is 127. The van der Waals surface area contributed by atoms with E-state index >= 15 is 0 Å². The van der Waals surface area contributed by atoms with Crippen LogP contribution in [0.3, 0.4) is 0 Å². The fourth-order valence-corrected chi connectivity index (χ4v) is 2.66. The van der Waals surface area contributed by atoms with Crippen molar-refractivity contribution >= 4 is 29.9 Å². The molecule has 144 valence electrons. The first-order valence-corrected chi connectivity index (χ1v) is 9.02. The Labute approximate surface area is 174 Å². The van der Waals surface area contributed by atoms with Gasteiger partial charge in [-0.2, -0.15) is 0 Å². The smallest absolute Gasteiger partial charge is 0.191 e. The average molecular weight is 469 g/mol. The van der Waals surface area contributed by atoms with Crippen molar-refractivity contribution in [3.05, 3.63) is 60.4 Å². The largest absolute Gasteiger partial charge is 0.357 e. The van der Waals surface area contributed by atoms with Gasteiger partial charge in [-0.1, -0.05) is 30.3 Å². The van der Waals surface area contributed by atoms with Gasteiger partial charge in [-0.25, -0.2) is 0 Å². The first-order valence-electron chi connectivity index (χ1n) is 9.02. The van der Waals surface area contributed by atoms with Crippen LogP contribution < -0.4 is 10.6 Å². The normalized spacial score (nSPS) is 12.5. The van der Waals surface area contributed by atoms with Crippen LogP contribution in [0.15, 0.2) is 59.9 Å². The number of hydrogen-bond acceptors (Lipinski definition) is 2. The van der Waals surface area contributed by atoms with Crippen molar-refractivity contribution in [1.82, 2.24) is 20.1 Å². The summed E-state index contributed by atoms with van der Waals surface area (Å²) in [5, 5.41) is 6.75. The van der Waals surface area contributed by atoms with E-state index < -0.39 is 0 Å². The van der Waals surface area contributed by atoms with Crippen molar-refractivity contribution in [2.75, 3.05) is 33.7 Å². The highest BCUT2D eigenvalue weighted by molar-refractivity contribution is 14.0. The van der Waals surface area contributed by atoms with Crippen molar-refractivity contribution in [3.63, 3.8) is 0 Å². The number of benzene rings is 1. The van der Waals surface area contributed by atoms with Crippen LogP contribution in [0.2, 0.25) is 0 Å². The molecule has 1 atom stereocenters. The molecule has 2 N–H and O–H groups in total. The number of nitrogens with zero attached hydrogens (tertiary/aromatic N) is 3. The van der Waals surface area contributed by atoms with Crippen LogP contribution in [0, 0.1) is 0 Å². The van der Waals surface area contributed by atoms with Crippen molar-refractivity contribution in [1.29, 1.82) is 0 Å². The third kappa shape index (κ3) is 8.23. The van der Waals surface area contributed by atoms with E-state index in [1.807, 2.05) is 12.1 Å². The van der Waals surface area contributed by atoms with Crippen LogP contribution in [-0.2, 0) is 13.0 Å². The van der Waals surface area contributed by atoms with Crippen molar-refractivity contribution in [2.45, 2.75) is 25.9 Å². The molecule has 5 nitrogen and oxygen atoms in total. The monoisotopic (exact) mass is 469 g/mol. The number of nitrogens with one attached hydrogen (secondary N) is 2. The molecule has 0 aliphatic rings. The lowest BCUT2D eigenvalue weighted by Gasteiger charge is -2.23. The van der Waals surface area contributed by atoms with E-state index in [-0.39, 0.29) is 24.0 Å². The van der Waals surface area contributed by atoms with E-state index in [1.165, 1.54) is 5.56 Å². The summed E-state index contributed by atoms with van der Waals surface area (Å²) in [7, 11) is 4.24. The van der Waals surface area contributed by atoms with Gasteiger partial charge < -0.3 is 20.1 Å². The number of halogens is 1. The number of aromatic nitrogens is 1. The highest BCUT2D eigenvalue weighted by Gasteiger charge is 2.12. The Balaban J connectivity index is 0.00000338. The van der Waals surface area contributed by atoms with Gasteiger partial charge in [0.2, 0.25) is 0 Å². The third-order valence-electron chi connectivity index (χ3n) is 4.18. The maximum absolute atomic E-state index is 4.79. The molecule has 0 aliphatic carbocycles. The Morgan fingerprint density at radius 3 is 2.38 bits per heavy atom. The topological polar surface area (TPSA) is 44.6 Å². The molecule has 26 heavy (non-hydrogen) atoms. The van der Waals surface area contributed by atoms with Gasteiger partial charge in [0, 0.05) is 38.1 Å². The second-order valence-corrected chi connectivity index (χ2v) is 6.37. The third-order valence-corrected chi connectivity index (χ3v) is 4.18. The minimum atomic E-state index is 0. The van der Waals surface area contributed by atoms with E-state index in [4.69, 9.17) is 4.99 Å². The summed E-state index contributed by atoms with van der Waals surface area (Å²) in [5.41, 5.74) is 1.35. The lowest BCUT2D eigenvalue weighted by molar-refractivity contribution is 0.298. The van der Waals surface area contributed by atoms with Gasteiger partial charge in [-0.05, 0) is 45.1 Å². The van der Waals surface area contributed by atoms with Crippen LogP contribution in [-0.4, -0.2) is 55.2 Å². The summed E-state index contributed by atoms with van der Waals surface area (Å²) >= 11 is 0. The van der Waals surface area contributed by atoms with Gasteiger partial charge in [0.25, 0.3) is 0 Å². The quantitative estimate of drug-likeness (QED) is 0.337. The molecule has 0 radical (unpaired) electrons. The van der Waals surface area contributed by atoms with E-state index in [2.05, 4.69) is 83.8 Å². The predicted molar refractivity (Wildman–Crippen MR) is 121 cm³/mol. The van der Waals surface area contributed by atoms with Crippen LogP contribution in [0.5, 0.6) is 0 Å². The molecule has 2 rings (SSSR count). The van der Waals surface area contributed by atoms with Crippen molar-refractivity contribution in [3.8, 4) is 0 Å². The molecule has 0 saturated heterocycles. The molecular weight excluding hydrogens is 437 g/mol. The fraction of sp³-hybridized carbons (Fsp3) is 0.450. The zero-order valence-corrected chi connectivity index (χ0v) is 18.4. The summed E-state index contributed by atoms with van der Waals surface area (Å²) in [5.74, 6) is 0.884. The number of rotatable bonds is 9. The maximum Gasteiger partial charge on any atom is 0.191 e. The lowest BCUT2D eigenvalue weighted by Crippen LogP contribution is -2.40. The maximum atomic E-state index is 4.79. The summed E-state index contributed by atoms with van der Waals surface area (Å²) in [6.45, 7) is 5.50. The lowest BCUT2D eigenvalue weighted by atomic mass is 10.1. The Morgan fingerprint density at radius 1 is 1.08 bits per heavy atom. The summed E-state index contributed by atoms with van der Waals surface area (Å²) in [6.07, 6.45) is 5.15. The molecule has 1 heterocycles. The molecule has 1 aromatic heterocycles. The first kappa shape index (κ1) is 22.5. The molecule has 0 fully saturated rings. The number of aliphatic imine (C=N–C) groups is 1. The molecule has 6 heteroatoms. The number of likely N-dealkylation sites (N-methyl/N-ethyl adjacent to an activating group) is 1. The summed E-state index contributed by atoms with van der Waals surface area (Å²) in [6, 6.07) is 15.1. The zero-order valence-electron chi connectivity index (χ0n) is 16.1. The van der Waals surface area contributed by atoms with Gasteiger partial charge in [-0.15, -0.1) is 24.0 Å². The minimum absolute atomic E-state index is 0. The van der Waals surface area contributed by atoms with E-state index in [9.17, 15) is 0 Å². The molecule has 0 spiro atoms. The standard InChI is InChI=1S/C20H31N5.HI/c1-4-21-20(22-12-15-25-13-8-9-14-25)23-17-19(24(2)3)16-18-10-6-5-7-11-18;/h5-11,13-14,19H,4,12,15-17H2,1-3H3,(H2,21,22,23);1H. The Bertz CT molecular complexity index is 610. The minimum Gasteiger partial charge on any atom is -0.357 e. The van der Waals surface area contributed by atoms with Crippen LogP contribution in [0.4, 0.5) is 0 Å². The average Bonchev–Trinajstić information content (AvgIpc) is 3.12. The van der Waals surface area contributed by atoms with Crippen LogP contribution >= 0.6 is 24.0 Å². The second-order valence-electron chi connectivity index (χ2n) is 6.37. The fourth-order valence-electron chi connectivity index (χ4n) is 2.66. The summed E-state index contributed by atoms with van der Waals surface area (Å²) < 4.78 is 2.16. The van der Waals surface area contributed by atoms with Gasteiger partial charge >= 0.3 is 0 Å². The van der Waals surface area contributed by atoms with Gasteiger partial charge in [0.1, 0.15) is 0 Å². The molecule has 1 unspecified atom stereocenters. The summed E-state index contributed by atoms with van der Waals surface area (Å²) in [4.78, 5) is 7.04. The van der Waals surface area contributed by atoms with Gasteiger partial charge in [-0.3, -0.25) is 4.99 Å². The molecule has 0 amide bonds. The first-order chi connectivity index (χ1) is 12.2. The Kier molecular flexibility index (Phi) is 11.0. The number of guanidine groups is 1. The van der Waals surface area contributed by atoms with Crippen molar-refractivity contribution < 1.29 is 0 Å². The zero-order chi connectivity index (χ0) is 17.9. The second kappa shape index (κ2) is 12.8. The molecule has 0 bridgehead atoms. The van der Waals surface area contributed by atoms with Gasteiger partial charge in [0.05, 0.1) is 6.54 Å². The molecular formula is C20H32IN5. The van der Waals surface area contributed by atoms with E-state index in [1.54, 1.807) is 0 Å². The number of hydrogen-bond donors (Lipinski definition) is 2. The van der Waals surface area contributed by atoms with Crippen LogP contribution in [0.25, 0.3) is 0 Å². The van der Waals surface area contributed by atoms with Crippen molar-refractivity contribution in [2.24, 2.45) is 4.99 Å². The SMILES string of the molecule is CCNC(=NCC(Cc1ccccc1)N(C)C)NCCn1cccc1.I. The molecule has 0 saturated carbocycles. The van der Waals surface area contributed by atoms with Crippen LogP contribution in [0.1, 0.15) is 12.5 Å². The molecule has 2 aromatic rings. The Morgan fingerprint density at radius 2 is 1.77 bits per heavy atom.